The lowest BCUT2D eigenvalue weighted by atomic mass is 9.99. The Labute approximate surface area is 328 Å². The van der Waals surface area contributed by atoms with Gasteiger partial charge in [0.15, 0.2) is 0 Å². The zero-order chi connectivity index (χ0) is 37.5. The van der Waals surface area contributed by atoms with Crippen LogP contribution in [-0.2, 0) is 0 Å². The summed E-state index contributed by atoms with van der Waals surface area (Å²) in [5, 5.41) is 7.18. The molecule has 0 saturated carbocycles. The fourth-order valence-electron chi connectivity index (χ4n) is 9.09. The Balaban J connectivity index is 1.04. The van der Waals surface area contributed by atoms with Crippen LogP contribution in [0.3, 0.4) is 0 Å². The third kappa shape index (κ3) is 4.92. The minimum Gasteiger partial charge on any atom is -0.456 e. The first-order chi connectivity index (χ1) is 28.3. The van der Waals surface area contributed by atoms with Crippen LogP contribution in [0.15, 0.2) is 211 Å². The number of hydrogen-bond donors (Lipinski definition) is 0. The fourth-order valence-corrected chi connectivity index (χ4v) is 9.09. The predicted molar refractivity (Wildman–Crippen MR) is 239 cm³/mol. The summed E-state index contributed by atoms with van der Waals surface area (Å²) >= 11 is 0. The van der Waals surface area contributed by atoms with Gasteiger partial charge < -0.3 is 13.6 Å². The van der Waals surface area contributed by atoms with Crippen LogP contribution in [0.25, 0.3) is 110 Å². The summed E-state index contributed by atoms with van der Waals surface area (Å²) in [6.45, 7) is 0. The summed E-state index contributed by atoms with van der Waals surface area (Å²) in [6.07, 6.45) is 0. The fraction of sp³-hybridized carbons (Fsp3) is 0. The normalized spacial score (nSPS) is 11.9. The molecule has 0 fully saturated rings. The van der Waals surface area contributed by atoms with Crippen LogP contribution in [0, 0.1) is 0 Å². The molecule has 0 aliphatic heterocycles. The number of hydrogen-bond acceptors (Lipinski definition) is 1. The highest BCUT2D eigenvalue weighted by atomic mass is 16.3. The van der Waals surface area contributed by atoms with E-state index in [4.69, 9.17) is 4.42 Å². The minimum atomic E-state index is 0.886. The molecular formula is C54H34N2O. The second kappa shape index (κ2) is 12.5. The van der Waals surface area contributed by atoms with Gasteiger partial charge in [-0.05, 0) is 88.5 Å². The zero-order valence-corrected chi connectivity index (χ0v) is 30.9. The molecule has 3 nitrogen and oxygen atoms in total. The summed E-state index contributed by atoms with van der Waals surface area (Å²) in [7, 11) is 0. The van der Waals surface area contributed by atoms with E-state index in [2.05, 4.69) is 203 Å². The predicted octanol–water partition coefficient (Wildman–Crippen LogP) is 14.8. The molecule has 266 valence electrons. The third-order valence-electron chi connectivity index (χ3n) is 11.7. The van der Waals surface area contributed by atoms with Crippen molar-refractivity contribution in [2.75, 3.05) is 0 Å². The Morgan fingerprint density at radius 3 is 1.60 bits per heavy atom. The van der Waals surface area contributed by atoms with Crippen LogP contribution in [0.4, 0.5) is 0 Å². The second-order valence-corrected chi connectivity index (χ2v) is 14.9. The maximum absolute atomic E-state index is 6.41. The minimum absolute atomic E-state index is 0.886. The van der Waals surface area contributed by atoms with E-state index in [0.717, 1.165) is 38.8 Å². The molecule has 0 saturated heterocycles. The number of aromatic nitrogens is 2. The first-order valence-corrected chi connectivity index (χ1v) is 19.5. The maximum atomic E-state index is 6.41. The van der Waals surface area contributed by atoms with Crippen molar-refractivity contribution in [1.29, 1.82) is 0 Å². The van der Waals surface area contributed by atoms with Crippen molar-refractivity contribution < 1.29 is 4.42 Å². The number of fused-ring (bicyclic) bond motifs is 9. The van der Waals surface area contributed by atoms with Crippen LogP contribution >= 0.6 is 0 Å². The van der Waals surface area contributed by atoms with Gasteiger partial charge in [-0.3, -0.25) is 0 Å². The molecule has 0 aliphatic rings. The van der Waals surface area contributed by atoms with E-state index >= 15 is 0 Å². The molecule has 3 heterocycles. The third-order valence-corrected chi connectivity index (χ3v) is 11.7. The maximum Gasteiger partial charge on any atom is 0.137 e. The molecule has 0 bridgehead atoms. The molecule has 0 amide bonds. The Bertz CT molecular complexity index is 3490. The van der Waals surface area contributed by atoms with E-state index < -0.39 is 0 Å². The van der Waals surface area contributed by atoms with Gasteiger partial charge in [0.2, 0.25) is 0 Å². The first kappa shape index (κ1) is 31.7. The SMILES string of the molecule is c1ccc(-c2ccc(-n3c4ccccc4c4cc(-c5ccc6c(c5)c5cccc(-c7ccccc7)c5n6-c5ccc6c(c5)oc5ccccc56)ccc43)cc2)cc1. The number of para-hydroxylation sites is 3. The number of furan rings is 1. The molecule has 0 N–H and O–H groups in total. The zero-order valence-electron chi connectivity index (χ0n) is 30.9. The van der Waals surface area contributed by atoms with Gasteiger partial charge in [-0.25, -0.2) is 0 Å². The molecule has 3 heteroatoms. The van der Waals surface area contributed by atoms with Crippen LogP contribution in [0.5, 0.6) is 0 Å². The van der Waals surface area contributed by atoms with Crippen LogP contribution in [0.2, 0.25) is 0 Å². The molecular weight excluding hydrogens is 693 g/mol. The van der Waals surface area contributed by atoms with Crippen molar-refractivity contribution in [2.45, 2.75) is 0 Å². The molecule has 0 aliphatic carbocycles. The largest absolute Gasteiger partial charge is 0.456 e. The average molecular weight is 727 g/mol. The lowest BCUT2D eigenvalue weighted by molar-refractivity contribution is 0.668. The molecule has 3 aromatic heterocycles. The van der Waals surface area contributed by atoms with Gasteiger partial charge in [-0.15, -0.1) is 0 Å². The van der Waals surface area contributed by atoms with Gasteiger partial charge >= 0.3 is 0 Å². The Kier molecular flexibility index (Phi) is 6.93. The molecule has 0 radical (unpaired) electrons. The highest BCUT2D eigenvalue weighted by Gasteiger charge is 2.19. The molecule has 57 heavy (non-hydrogen) atoms. The lowest BCUT2D eigenvalue weighted by Crippen LogP contribution is -1.95. The van der Waals surface area contributed by atoms with Gasteiger partial charge in [0, 0.05) is 55.3 Å². The first-order valence-electron chi connectivity index (χ1n) is 19.5. The van der Waals surface area contributed by atoms with E-state index in [0.29, 0.717) is 0 Å². The Morgan fingerprint density at radius 2 is 0.825 bits per heavy atom. The monoisotopic (exact) mass is 726 g/mol. The molecule has 12 aromatic rings. The molecule has 9 aromatic carbocycles. The quantitative estimate of drug-likeness (QED) is 0.173. The number of benzene rings is 9. The summed E-state index contributed by atoms with van der Waals surface area (Å²) in [5.74, 6) is 0. The summed E-state index contributed by atoms with van der Waals surface area (Å²) in [6, 6.07) is 74.5. The van der Waals surface area contributed by atoms with Crippen molar-refractivity contribution in [3.05, 3.63) is 206 Å². The average Bonchev–Trinajstić information content (AvgIpc) is 3.94. The summed E-state index contributed by atoms with van der Waals surface area (Å²) in [5.41, 5.74) is 15.9. The van der Waals surface area contributed by atoms with Crippen molar-refractivity contribution in [2.24, 2.45) is 0 Å². The van der Waals surface area contributed by atoms with Crippen molar-refractivity contribution >= 4 is 65.6 Å². The Morgan fingerprint density at radius 1 is 0.281 bits per heavy atom. The summed E-state index contributed by atoms with van der Waals surface area (Å²) in [4.78, 5) is 0. The molecule has 0 atom stereocenters. The summed E-state index contributed by atoms with van der Waals surface area (Å²) < 4.78 is 11.2. The number of nitrogens with zero attached hydrogens (tertiary/aromatic N) is 2. The van der Waals surface area contributed by atoms with Crippen LogP contribution in [-0.4, -0.2) is 9.13 Å². The topological polar surface area (TPSA) is 23.0 Å². The van der Waals surface area contributed by atoms with Gasteiger partial charge in [0.1, 0.15) is 11.2 Å². The molecule has 0 spiro atoms. The van der Waals surface area contributed by atoms with E-state index in [9.17, 15) is 0 Å². The van der Waals surface area contributed by atoms with E-state index in [-0.39, 0.29) is 0 Å². The van der Waals surface area contributed by atoms with Gasteiger partial charge in [-0.1, -0.05) is 140 Å². The highest BCUT2D eigenvalue weighted by Crippen LogP contribution is 2.42. The van der Waals surface area contributed by atoms with E-state index in [1.807, 2.05) is 12.1 Å². The van der Waals surface area contributed by atoms with Crippen LogP contribution in [0.1, 0.15) is 0 Å². The second-order valence-electron chi connectivity index (χ2n) is 14.9. The van der Waals surface area contributed by atoms with E-state index in [1.165, 1.54) is 71.5 Å². The van der Waals surface area contributed by atoms with Gasteiger partial charge in [0.05, 0.1) is 22.1 Å². The lowest BCUT2D eigenvalue weighted by Gasteiger charge is -2.12. The highest BCUT2D eigenvalue weighted by molar-refractivity contribution is 6.16. The molecule has 12 rings (SSSR count). The van der Waals surface area contributed by atoms with Crippen molar-refractivity contribution in [3.8, 4) is 44.8 Å². The van der Waals surface area contributed by atoms with Crippen LogP contribution < -0.4 is 0 Å². The standard InChI is InChI=1S/C54H34N2O/c1-3-12-35(13-4-1)36-22-26-40(27-23-36)55-49-20-9-7-16-43(49)47-32-38(24-30-50(47)55)39-25-31-51-48(33-39)46-19-11-18-42(37-14-5-2-6-15-37)54(46)56(51)41-28-29-45-44-17-8-10-21-52(44)57-53(45)34-41/h1-34H. The van der Waals surface area contributed by atoms with Gasteiger partial charge in [-0.2, -0.15) is 0 Å². The van der Waals surface area contributed by atoms with E-state index in [1.54, 1.807) is 0 Å². The van der Waals surface area contributed by atoms with Gasteiger partial charge in [0.25, 0.3) is 0 Å². The smallest absolute Gasteiger partial charge is 0.137 e. The number of rotatable bonds is 5. The van der Waals surface area contributed by atoms with Crippen molar-refractivity contribution in [3.63, 3.8) is 0 Å². The Hall–Kier alpha value is -7.62. The molecule has 0 unspecified atom stereocenters. The van der Waals surface area contributed by atoms with Crippen molar-refractivity contribution in [1.82, 2.24) is 9.13 Å².